The van der Waals surface area contributed by atoms with Crippen molar-refractivity contribution in [1.29, 1.82) is 0 Å². The van der Waals surface area contributed by atoms with E-state index < -0.39 is 0 Å². The van der Waals surface area contributed by atoms with E-state index in [4.69, 9.17) is 4.74 Å². The second-order valence-electron chi connectivity index (χ2n) is 6.72. The molecule has 1 aromatic rings. The van der Waals surface area contributed by atoms with Crippen molar-refractivity contribution >= 4 is 24.0 Å². The van der Waals surface area contributed by atoms with Gasteiger partial charge in [-0.1, -0.05) is 6.92 Å². The molecule has 0 aromatic heterocycles. The number of nitrogens with one attached hydrogen (secondary N) is 2. The number of ether oxygens (including phenoxy) is 1. The van der Waals surface area contributed by atoms with Gasteiger partial charge in [-0.2, -0.15) is 0 Å². The third-order valence-electron chi connectivity index (χ3n) is 5.14. The van der Waals surface area contributed by atoms with Gasteiger partial charge in [-0.3, -0.25) is 4.79 Å². The Morgan fingerprint density at radius 3 is 2.61 bits per heavy atom. The molecule has 1 saturated carbocycles. The molecule has 128 valence electrons. The summed E-state index contributed by atoms with van der Waals surface area (Å²) in [6.45, 7) is 6.25. The van der Waals surface area contributed by atoms with Crippen LogP contribution in [0.1, 0.15) is 39.5 Å². The highest BCUT2D eigenvalue weighted by atomic mass is 35.5. The molecule has 0 bridgehead atoms. The zero-order chi connectivity index (χ0) is 15.6. The SMILES string of the molecule is CCC(C)Oc1ccc(NC(=O)C2CC23CCNCC3)cc1.Cl. The molecule has 1 aliphatic carbocycles. The average molecular weight is 339 g/mol. The summed E-state index contributed by atoms with van der Waals surface area (Å²) < 4.78 is 5.75. The highest BCUT2D eigenvalue weighted by molar-refractivity contribution is 5.95. The molecular weight excluding hydrogens is 312 g/mol. The fourth-order valence-corrected chi connectivity index (χ4v) is 3.36. The van der Waals surface area contributed by atoms with Crippen molar-refractivity contribution in [3.63, 3.8) is 0 Å². The molecule has 2 N–H and O–H groups in total. The number of hydrogen-bond acceptors (Lipinski definition) is 3. The molecule has 1 saturated heterocycles. The van der Waals surface area contributed by atoms with E-state index in [-0.39, 0.29) is 35.8 Å². The molecule has 2 atom stereocenters. The van der Waals surface area contributed by atoms with Crippen LogP contribution in [0.15, 0.2) is 24.3 Å². The molecule has 3 rings (SSSR count). The van der Waals surface area contributed by atoms with Gasteiger partial charge in [0.1, 0.15) is 5.75 Å². The fraction of sp³-hybridized carbons (Fsp3) is 0.611. The lowest BCUT2D eigenvalue weighted by Gasteiger charge is -2.23. The van der Waals surface area contributed by atoms with Gasteiger partial charge >= 0.3 is 0 Å². The number of amides is 1. The highest BCUT2D eigenvalue weighted by Crippen LogP contribution is 2.58. The summed E-state index contributed by atoms with van der Waals surface area (Å²) in [6.07, 6.45) is 4.51. The van der Waals surface area contributed by atoms with Crippen LogP contribution < -0.4 is 15.4 Å². The molecule has 2 unspecified atom stereocenters. The molecule has 1 spiro atoms. The number of carbonyl (C=O) groups excluding carboxylic acids is 1. The van der Waals surface area contributed by atoms with E-state index in [0.717, 1.165) is 50.2 Å². The molecular formula is C18H27ClN2O2. The molecule has 23 heavy (non-hydrogen) atoms. The van der Waals surface area contributed by atoms with Crippen molar-refractivity contribution in [3.8, 4) is 5.75 Å². The third kappa shape index (κ3) is 4.18. The van der Waals surface area contributed by atoms with Crippen molar-refractivity contribution in [1.82, 2.24) is 5.32 Å². The van der Waals surface area contributed by atoms with Crippen LogP contribution in [0.4, 0.5) is 5.69 Å². The standard InChI is InChI=1S/C18H26N2O2.ClH/c1-3-13(2)22-15-6-4-14(5-7-15)20-17(21)16-12-18(16)8-10-19-11-9-18;/h4-7,13,16,19H,3,8-12H2,1-2H3,(H,20,21);1H. The zero-order valence-electron chi connectivity index (χ0n) is 13.9. The van der Waals surface area contributed by atoms with Crippen LogP contribution in [0.5, 0.6) is 5.75 Å². The zero-order valence-corrected chi connectivity index (χ0v) is 14.7. The Balaban J connectivity index is 0.00000192. The van der Waals surface area contributed by atoms with Gasteiger partial charge in [0.15, 0.2) is 0 Å². The number of benzene rings is 1. The van der Waals surface area contributed by atoms with Crippen LogP contribution >= 0.6 is 12.4 Å². The Labute approximate surface area is 144 Å². The van der Waals surface area contributed by atoms with Gasteiger partial charge in [0.2, 0.25) is 5.91 Å². The Bertz CT molecular complexity index is 526. The smallest absolute Gasteiger partial charge is 0.228 e. The first-order valence-electron chi connectivity index (χ1n) is 8.41. The molecule has 5 heteroatoms. The Morgan fingerprint density at radius 2 is 2.00 bits per heavy atom. The van der Waals surface area contributed by atoms with Gasteiger partial charge < -0.3 is 15.4 Å². The lowest BCUT2D eigenvalue weighted by atomic mass is 9.92. The summed E-state index contributed by atoms with van der Waals surface area (Å²) in [7, 11) is 0. The van der Waals surface area contributed by atoms with Crippen molar-refractivity contribution in [3.05, 3.63) is 24.3 Å². The van der Waals surface area contributed by atoms with E-state index in [1.807, 2.05) is 24.3 Å². The summed E-state index contributed by atoms with van der Waals surface area (Å²) in [5.74, 6) is 1.23. The number of halogens is 1. The Morgan fingerprint density at radius 1 is 1.35 bits per heavy atom. The van der Waals surface area contributed by atoms with E-state index in [2.05, 4.69) is 24.5 Å². The lowest BCUT2D eigenvalue weighted by molar-refractivity contribution is -0.118. The summed E-state index contributed by atoms with van der Waals surface area (Å²) >= 11 is 0. The van der Waals surface area contributed by atoms with Crippen LogP contribution in [0.3, 0.4) is 0 Å². The van der Waals surface area contributed by atoms with Crippen LogP contribution in [-0.2, 0) is 4.79 Å². The predicted octanol–water partition coefficient (Wildman–Crippen LogP) is 3.61. The van der Waals surface area contributed by atoms with E-state index in [1.165, 1.54) is 0 Å². The van der Waals surface area contributed by atoms with Gasteiger partial charge in [0.05, 0.1) is 6.10 Å². The Kier molecular flexibility index (Phi) is 5.93. The minimum atomic E-state index is 0. The summed E-state index contributed by atoms with van der Waals surface area (Å²) in [4.78, 5) is 12.4. The first-order chi connectivity index (χ1) is 10.6. The highest BCUT2D eigenvalue weighted by Gasteiger charge is 2.57. The number of anilines is 1. The monoisotopic (exact) mass is 338 g/mol. The van der Waals surface area contributed by atoms with Crippen molar-refractivity contribution in [2.45, 2.75) is 45.6 Å². The fourth-order valence-electron chi connectivity index (χ4n) is 3.36. The van der Waals surface area contributed by atoms with Gasteiger partial charge in [-0.15, -0.1) is 12.4 Å². The van der Waals surface area contributed by atoms with E-state index in [0.29, 0.717) is 0 Å². The topological polar surface area (TPSA) is 50.4 Å². The Hall–Kier alpha value is -1.26. The number of piperidine rings is 1. The van der Waals surface area contributed by atoms with Gasteiger partial charge in [0.25, 0.3) is 0 Å². The maximum Gasteiger partial charge on any atom is 0.228 e. The quantitative estimate of drug-likeness (QED) is 0.862. The normalized spacial score (nSPS) is 22.8. The van der Waals surface area contributed by atoms with Crippen LogP contribution in [0.25, 0.3) is 0 Å². The second-order valence-corrected chi connectivity index (χ2v) is 6.72. The molecule has 1 aromatic carbocycles. The summed E-state index contributed by atoms with van der Waals surface area (Å²) in [5, 5.41) is 6.43. The van der Waals surface area contributed by atoms with Crippen LogP contribution in [0, 0.1) is 11.3 Å². The second kappa shape index (κ2) is 7.54. The average Bonchev–Trinajstić information content (AvgIpc) is 3.23. The molecule has 4 nitrogen and oxygen atoms in total. The maximum absolute atomic E-state index is 12.4. The molecule has 1 aliphatic heterocycles. The lowest BCUT2D eigenvalue weighted by Crippen LogP contribution is -2.31. The summed E-state index contributed by atoms with van der Waals surface area (Å²) in [5.41, 5.74) is 1.15. The maximum atomic E-state index is 12.4. The largest absolute Gasteiger partial charge is 0.491 e. The number of hydrogen-bond donors (Lipinski definition) is 2. The van der Waals surface area contributed by atoms with E-state index in [1.54, 1.807) is 0 Å². The minimum absolute atomic E-state index is 0. The van der Waals surface area contributed by atoms with Gasteiger partial charge in [-0.25, -0.2) is 0 Å². The van der Waals surface area contributed by atoms with E-state index >= 15 is 0 Å². The van der Waals surface area contributed by atoms with Crippen molar-refractivity contribution in [2.24, 2.45) is 11.3 Å². The predicted molar refractivity (Wildman–Crippen MR) is 95.3 cm³/mol. The van der Waals surface area contributed by atoms with E-state index in [9.17, 15) is 4.79 Å². The molecule has 1 heterocycles. The summed E-state index contributed by atoms with van der Waals surface area (Å²) in [6, 6.07) is 7.70. The molecule has 1 amide bonds. The van der Waals surface area contributed by atoms with Crippen LogP contribution in [0.2, 0.25) is 0 Å². The van der Waals surface area contributed by atoms with Crippen molar-refractivity contribution in [2.75, 3.05) is 18.4 Å². The van der Waals surface area contributed by atoms with Crippen molar-refractivity contribution < 1.29 is 9.53 Å². The van der Waals surface area contributed by atoms with Gasteiger partial charge in [0, 0.05) is 11.6 Å². The van der Waals surface area contributed by atoms with Crippen LogP contribution in [-0.4, -0.2) is 25.1 Å². The molecule has 2 aliphatic rings. The number of carbonyl (C=O) groups is 1. The minimum Gasteiger partial charge on any atom is -0.491 e. The van der Waals surface area contributed by atoms with Gasteiger partial charge in [-0.05, 0) is 75.4 Å². The molecule has 2 fully saturated rings. The first-order valence-corrected chi connectivity index (χ1v) is 8.41. The third-order valence-corrected chi connectivity index (χ3v) is 5.14. The first kappa shape index (κ1) is 18.1. The number of rotatable bonds is 5. The molecule has 0 radical (unpaired) electrons.